The van der Waals surface area contributed by atoms with Gasteiger partial charge in [0.2, 0.25) is 0 Å². The molecule has 20 heavy (non-hydrogen) atoms. The predicted octanol–water partition coefficient (Wildman–Crippen LogP) is 1.92. The van der Waals surface area contributed by atoms with Crippen LogP contribution in [0.15, 0.2) is 24.4 Å². The summed E-state index contributed by atoms with van der Waals surface area (Å²) in [7, 11) is 2.17. The molecule has 4 heteroatoms. The highest BCUT2D eigenvalue weighted by Crippen LogP contribution is 2.18. The lowest BCUT2D eigenvalue weighted by Gasteiger charge is -2.28. The highest BCUT2D eigenvalue weighted by molar-refractivity contribution is 5.03. The monoisotopic (exact) mass is 277 g/mol. The Morgan fingerprint density at radius 1 is 1.50 bits per heavy atom. The van der Waals surface area contributed by atoms with Crippen molar-refractivity contribution in [3.63, 3.8) is 0 Å². The van der Waals surface area contributed by atoms with Crippen LogP contribution in [-0.2, 0) is 11.3 Å². The fourth-order valence-corrected chi connectivity index (χ4v) is 2.75. The lowest BCUT2D eigenvalue weighted by molar-refractivity contribution is 0.165. The Morgan fingerprint density at radius 2 is 2.40 bits per heavy atom. The third kappa shape index (κ3) is 4.85. The Morgan fingerprint density at radius 3 is 3.05 bits per heavy atom. The summed E-state index contributed by atoms with van der Waals surface area (Å²) in [5.74, 6) is 0.646. The molecule has 0 aliphatic carbocycles. The van der Waals surface area contributed by atoms with Crippen LogP contribution in [0.1, 0.15) is 25.5 Å². The molecule has 0 amide bonds. The van der Waals surface area contributed by atoms with E-state index in [-0.39, 0.29) is 0 Å². The molecule has 112 valence electrons. The molecular weight excluding hydrogens is 250 g/mol. The SMILES string of the molecule is CCCNC(CN(C)Cc1ccccn1)C1CCOC1. The van der Waals surface area contributed by atoms with E-state index in [1.54, 1.807) is 0 Å². The Hall–Kier alpha value is -0.970. The van der Waals surface area contributed by atoms with Crippen LogP contribution < -0.4 is 5.32 Å². The molecule has 1 saturated heterocycles. The van der Waals surface area contributed by atoms with E-state index in [1.807, 2.05) is 18.3 Å². The van der Waals surface area contributed by atoms with E-state index in [9.17, 15) is 0 Å². The molecule has 2 unspecified atom stereocenters. The first kappa shape index (κ1) is 15.4. The summed E-state index contributed by atoms with van der Waals surface area (Å²) in [6, 6.07) is 6.62. The minimum absolute atomic E-state index is 0.520. The van der Waals surface area contributed by atoms with E-state index in [2.05, 4.69) is 35.2 Å². The van der Waals surface area contributed by atoms with Crippen LogP contribution in [0.4, 0.5) is 0 Å². The van der Waals surface area contributed by atoms with Gasteiger partial charge in [-0.1, -0.05) is 13.0 Å². The predicted molar refractivity (Wildman–Crippen MR) is 81.6 cm³/mol. The van der Waals surface area contributed by atoms with Crippen molar-refractivity contribution in [2.75, 3.05) is 33.4 Å². The molecule has 1 aliphatic rings. The van der Waals surface area contributed by atoms with Gasteiger partial charge in [-0.3, -0.25) is 9.88 Å². The van der Waals surface area contributed by atoms with Crippen LogP contribution in [0.2, 0.25) is 0 Å². The average Bonchev–Trinajstić information content (AvgIpc) is 2.98. The summed E-state index contributed by atoms with van der Waals surface area (Å²) >= 11 is 0. The van der Waals surface area contributed by atoms with Gasteiger partial charge in [0.15, 0.2) is 0 Å². The van der Waals surface area contributed by atoms with Gasteiger partial charge in [-0.25, -0.2) is 0 Å². The first-order chi connectivity index (χ1) is 9.79. The molecule has 0 bridgehead atoms. The third-order valence-corrected chi connectivity index (χ3v) is 3.86. The van der Waals surface area contributed by atoms with Crippen molar-refractivity contribution in [1.82, 2.24) is 15.2 Å². The second kappa shape index (κ2) is 8.35. The number of ether oxygens (including phenoxy) is 1. The molecule has 1 N–H and O–H groups in total. The van der Waals surface area contributed by atoms with Crippen LogP contribution in [-0.4, -0.2) is 49.3 Å². The van der Waals surface area contributed by atoms with Crippen LogP contribution >= 0.6 is 0 Å². The Labute approximate surface area is 122 Å². The minimum atomic E-state index is 0.520. The molecule has 1 aromatic heterocycles. The molecule has 1 aliphatic heterocycles. The van der Waals surface area contributed by atoms with Crippen LogP contribution in [0.5, 0.6) is 0 Å². The van der Waals surface area contributed by atoms with E-state index in [0.717, 1.165) is 38.5 Å². The number of nitrogens with zero attached hydrogens (tertiary/aromatic N) is 2. The summed E-state index contributed by atoms with van der Waals surface area (Å²) in [6.07, 6.45) is 4.22. The normalized spacial score (nSPS) is 20.4. The zero-order valence-corrected chi connectivity index (χ0v) is 12.7. The highest BCUT2D eigenvalue weighted by atomic mass is 16.5. The van der Waals surface area contributed by atoms with Crippen LogP contribution in [0, 0.1) is 5.92 Å². The van der Waals surface area contributed by atoms with Gasteiger partial charge in [-0.05, 0) is 38.6 Å². The van der Waals surface area contributed by atoms with Gasteiger partial charge in [0.05, 0.1) is 12.3 Å². The average molecular weight is 277 g/mol. The topological polar surface area (TPSA) is 37.4 Å². The number of hydrogen-bond acceptors (Lipinski definition) is 4. The molecule has 0 saturated carbocycles. The third-order valence-electron chi connectivity index (χ3n) is 3.86. The largest absolute Gasteiger partial charge is 0.381 e. The van der Waals surface area contributed by atoms with Gasteiger partial charge in [-0.2, -0.15) is 0 Å². The lowest BCUT2D eigenvalue weighted by atomic mass is 9.98. The summed E-state index contributed by atoms with van der Waals surface area (Å²) in [5, 5.41) is 3.69. The zero-order valence-electron chi connectivity index (χ0n) is 12.7. The van der Waals surface area contributed by atoms with Crippen molar-refractivity contribution >= 4 is 0 Å². The summed E-state index contributed by atoms with van der Waals surface area (Å²) < 4.78 is 5.55. The van der Waals surface area contributed by atoms with Crippen LogP contribution in [0.25, 0.3) is 0 Å². The van der Waals surface area contributed by atoms with Gasteiger partial charge in [0, 0.05) is 37.9 Å². The fraction of sp³-hybridized carbons (Fsp3) is 0.688. The Bertz CT molecular complexity index is 365. The minimum Gasteiger partial charge on any atom is -0.381 e. The van der Waals surface area contributed by atoms with Gasteiger partial charge in [0.1, 0.15) is 0 Å². The van der Waals surface area contributed by atoms with Crippen LogP contribution in [0.3, 0.4) is 0 Å². The molecule has 0 radical (unpaired) electrons. The smallest absolute Gasteiger partial charge is 0.0543 e. The molecule has 1 aromatic rings. The fourth-order valence-electron chi connectivity index (χ4n) is 2.75. The summed E-state index contributed by atoms with van der Waals surface area (Å²) in [6.45, 7) is 7.06. The molecule has 1 fully saturated rings. The first-order valence-corrected chi connectivity index (χ1v) is 7.69. The maximum atomic E-state index is 5.55. The number of pyridine rings is 1. The number of hydrogen-bond donors (Lipinski definition) is 1. The number of likely N-dealkylation sites (N-methyl/N-ethyl adjacent to an activating group) is 1. The number of aromatic nitrogens is 1. The molecule has 0 aromatic carbocycles. The number of rotatable bonds is 8. The Kier molecular flexibility index (Phi) is 6.43. The number of nitrogens with one attached hydrogen (secondary N) is 1. The second-order valence-electron chi connectivity index (χ2n) is 5.70. The van der Waals surface area contributed by atoms with Crippen molar-refractivity contribution < 1.29 is 4.74 Å². The quantitative estimate of drug-likeness (QED) is 0.788. The van der Waals surface area contributed by atoms with Gasteiger partial charge in [0.25, 0.3) is 0 Å². The maximum Gasteiger partial charge on any atom is 0.0543 e. The first-order valence-electron chi connectivity index (χ1n) is 7.69. The van der Waals surface area contributed by atoms with E-state index in [4.69, 9.17) is 4.74 Å². The van der Waals surface area contributed by atoms with Gasteiger partial charge < -0.3 is 10.1 Å². The van der Waals surface area contributed by atoms with Crippen molar-refractivity contribution in [3.05, 3.63) is 30.1 Å². The van der Waals surface area contributed by atoms with E-state index in [1.165, 1.54) is 12.8 Å². The zero-order chi connectivity index (χ0) is 14.2. The second-order valence-corrected chi connectivity index (χ2v) is 5.70. The van der Waals surface area contributed by atoms with Crippen molar-refractivity contribution in [1.29, 1.82) is 0 Å². The molecule has 2 heterocycles. The van der Waals surface area contributed by atoms with Gasteiger partial charge in [-0.15, -0.1) is 0 Å². The summed E-state index contributed by atoms with van der Waals surface area (Å²) in [5.41, 5.74) is 1.13. The molecule has 0 spiro atoms. The van der Waals surface area contributed by atoms with Crippen molar-refractivity contribution in [2.24, 2.45) is 5.92 Å². The standard InChI is InChI=1S/C16H27N3O/c1-3-8-18-16(14-7-10-20-13-14)12-19(2)11-15-6-4-5-9-17-15/h4-6,9,14,16,18H,3,7-8,10-13H2,1-2H3. The lowest BCUT2D eigenvalue weighted by Crippen LogP contribution is -2.45. The Balaban J connectivity index is 1.85. The highest BCUT2D eigenvalue weighted by Gasteiger charge is 2.26. The van der Waals surface area contributed by atoms with Gasteiger partial charge >= 0.3 is 0 Å². The molecule has 2 atom stereocenters. The van der Waals surface area contributed by atoms with E-state index >= 15 is 0 Å². The molecular formula is C16H27N3O. The van der Waals surface area contributed by atoms with Crippen molar-refractivity contribution in [2.45, 2.75) is 32.4 Å². The molecule has 4 nitrogen and oxygen atoms in total. The van der Waals surface area contributed by atoms with E-state index < -0.39 is 0 Å². The maximum absolute atomic E-state index is 5.55. The summed E-state index contributed by atoms with van der Waals surface area (Å²) in [4.78, 5) is 6.75. The molecule has 2 rings (SSSR count). The van der Waals surface area contributed by atoms with E-state index in [0.29, 0.717) is 12.0 Å². The van der Waals surface area contributed by atoms with Crippen molar-refractivity contribution in [3.8, 4) is 0 Å².